The first-order valence-corrected chi connectivity index (χ1v) is 17.4. The smallest absolute Gasteiger partial charge is 0.164 e. The molecular formula is C47H33N5. The van der Waals surface area contributed by atoms with Crippen molar-refractivity contribution in [2.45, 2.75) is 13.8 Å². The van der Waals surface area contributed by atoms with Gasteiger partial charge in [-0.3, -0.25) is 0 Å². The Labute approximate surface area is 302 Å². The molecule has 7 aromatic carbocycles. The van der Waals surface area contributed by atoms with Gasteiger partial charge in [-0.25, -0.2) is 24.9 Å². The number of benzene rings is 7. The largest absolute Gasteiger partial charge is 0.233 e. The maximum atomic E-state index is 5.14. The van der Waals surface area contributed by atoms with Gasteiger partial charge in [0.2, 0.25) is 0 Å². The lowest BCUT2D eigenvalue weighted by atomic mass is 9.89. The van der Waals surface area contributed by atoms with Crippen LogP contribution < -0.4 is 0 Å². The molecule has 2 heterocycles. The summed E-state index contributed by atoms with van der Waals surface area (Å²) < 4.78 is 0. The number of rotatable bonds is 6. The minimum atomic E-state index is 0.606. The molecule has 0 bridgehead atoms. The molecule has 5 heteroatoms. The number of nitrogens with zero attached hydrogens (tertiary/aromatic N) is 5. The van der Waals surface area contributed by atoms with Crippen LogP contribution in [0.3, 0.4) is 0 Å². The summed E-state index contributed by atoms with van der Waals surface area (Å²) in [7, 11) is 0. The highest BCUT2D eigenvalue weighted by Gasteiger charge is 2.17. The van der Waals surface area contributed by atoms with Gasteiger partial charge in [0.05, 0.1) is 0 Å². The van der Waals surface area contributed by atoms with E-state index in [1.807, 2.05) is 80.6 Å². The van der Waals surface area contributed by atoms with Crippen LogP contribution in [0.15, 0.2) is 164 Å². The van der Waals surface area contributed by atoms with Crippen LogP contribution in [-0.2, 0) is 0 Å². The Hall–Kier alpha value is -6.85. The monoisotopic (exact) mass is 667 g/mol. The second-order valence-electron chi connectivity index (χ2n) is 13.1. The standard InChI is InChI=1S/C47H33N5/c1-30-24-31(2)49-46(48-30)37-21-13-20-34(25-37)38-27-39(43-41-22-11-9-18-35(41)26-36-19-10-12-23-42(36)43)29-40(28-38)47-51-44(32-14-5-3-6-15-32)50-45(52-47)33-16-7-4-8-17-33/h3-29H,1-2H3. The van der Waals surface area contributed by atoms with Gasteiger partial charge in [-0.1, -0.05) is 127 Å². The fourth-order valence-corrected chi connectivity index (χ4v) is 7.02. The van der Waals surface area contributed by atoms with E-state index in [0.717, 1.165) is 50.3 Å². The zero-order valence-corrected chi connectivity index (χ0v) is 28.8. The average molecular weight is 668 g/mol. The molecule has 0 aliphatic rings. The van der Waals surface area contributed by atoms with Gasteiger partial charge < -0.3 is 0 Å². The molecule has 52 heavy (non-hydrogen) atoms. The van der Waals surface area contributed by atoms with Gasteiger partial charge >= 0.3 is 0 Å². The van der Waals surface area contributed by atoms with Crippen LogP contribution >= 0.6 is 0 Å². The molecule has 9 aromatic rings. The highest BCUT2D eigenvalue weighted by molar-refractivity contribution is 6.13. The summed E-state index contributed by atoms with van der Waals surface area (Å²) in [4.78, 5) is 24.8. The lowest BCUT2D eigenvalue weighted by molar-refractivity contribution is 1.06. The summed E-state index contributed by atoms with van der Waals surface area (Å²) in [6.45, 7) is 4.02. The predicted octanol–water partition coefficient (Wildman–Crippen LogP) is 11.6. The molecule has 0 aliphatic carbocycles. The van der Waals surface area contributed by atoms with Crippen molar-refractivity contribution in [3.63, 3.8) is 0 Å². The Morgan fingerprint density at radius 2 is 0.712 bits per heavy atom. The van der Waals surface area contributed by atoms with Crippen LogP contribution in [0.5, 0.6) is 0 Å². The zero-order chi connectivity index (χ0) is 35.0. The van der Waals surface area contributed by atoms with Gasteiger partial charge in [-0.05, 0) is 94.0 Å². The number of aryl methyl sites for hydroxylation is 2. The van der Waals surface area contributed by atoms with Gasteiger partial charge in [-0.15, -0.1) is 0 Å². The molecule has 0 radical (unpaired) electrons. The Morgan fingerprint density at radius 1 is 0.288 bits per heavy atom. The second kappa shape index (κ2) is 13.1. The Morgan fingerprint density at radius 3 is 1.31 bits per heavy atom. The molecule has 0 spiro atoms. The molecule has 9 rings (SSSR count). The van der Waals surface area contributed by atoms with E-state index in [1.165, 1.54) is 27.1 Å². The van der Waals surface area contributed by atoms with Gasteiger partial charge in [0.1, 0.15) is 0 Å². The van der Waals surface area contributed by atoms with Gasteiger partial charge in [0.25, 0.3) is 0 Å². The summed E-state index contributed by atoms with van der Waals surface area (Å²) in [5, 5.41) is 4.75. The van der Waals surface area contributed by atoms with E-state index in [1.54, 1.807) is 0 Å². The van der Waals surface area contributed by atoms with Crippen molar-refractivity contribution in [3.8, 4) is 67.8 Å². The third-order valence-corrected chi connectivity index (χ3v) is 9.39. The first-order valence-electron chi connectivity index (χ1n) is 17.4. The molecule has 0 saturated carbocycles. The second-order valence-corrected chi connectivity index (χ2v) is 13.1. The maximum Gasteiger partial charge on any atom is 0.164 e. The van der Waals surface area contributed by atoms with E-state index in [0.29, 0.717) is 23.3 Å². The van der Waals surface area contributed by atoms with Crippen LogP contribution in [0, 0.1) is 13.8 Å². The van der Waals surface area contributed by atoms with Crippen LogP contribution in [-0.4, -0.2) is 24.9 Å². The molecular weight excluding hydrogens is 635 g/mol. The minimum Gasteiger partial charge on any atom is -0.233 e. The third-order valence-electron chi connectivity index (χ3n) is 9.39. The van der Waals surface area contributed by atoms with Crippen molar-refractivity contribution in [3.05, 3.63) is 175 Å². The van der Waals surface area contributed by atoms with E-state index in [2.05, 4.69) is 97.1 Å². The Balaban J connectivity index is 1.32. The molecule has 0 atom stereocenters. The SMILES string of the molecule is Cc1cc(C)nc(-c2cccc(-c3cc(-c4nc(-c5ccccc5)nc(-c5ccccc5)n4)cc(-c4c5ccccc5cc5ccccc45)c3)c2)n1. The molecule has 0 amide bonds. The third kappa shape index (κ3) is 5.99. The predicted molar refractivity (Wildman–Crippen MR) is 213 cm³/mol. The molecule has 5 nitrogen and oxygen atoms in total. The average Bonchev–Trinajstić information content (AvgIpc) is 3.20. The summed E-state index contributed by atoms with van der Waals surface area (Å²) in [5.41, 5.74) is 9.95. The van der Waals surface area contributed by atoms with Crippen LogP contribution in [0.2, 0.25) is 0 Å². The maximum absolute atomic E-state index is 5.14. The molecule has 2 aromatic heterocycles. The molecule has 0 N–H and O–H groups in total. The molecule has 0 fully saturated rings. The highest BCUT2D eigenvalue weighted by atomic mass is 15.0. The van der Waals surface area contributed by atoms with Gasteiger partial charge in [0, 0.05) is 33.6 Å². The van der Waals surface area contributed by atoms with E-state index in [9.17, 15) is 0 Å². The normalized spacial score (nSPS) is 11.3. The summed E-state index contributed by atoms with van der Waals surface area (Å²) in [5.74, 6) is 2.57. The quantitative estimate of drug-likeness (QED) is 0.165. The number of aromatic nitrogens is 5. The summed E-state index contributed by atoms with van der Waals surface area (Å²) >= 11 is 0. The Bertz CT molecular complexity index is 2630. The van der Waals surface area contributed by atoms with Crippen molar-refractivity contribution >= 4 is 21.5 Å². The van der Waals surface area contributed by atoms with Crippen LogP contribution in [0.4, 0.5) is 0 Å². The molecule has 246 valence electrons. The molecule has 0 saturated heterocycles. The summed E-state index contributed by atoms with van der Waals surface area (Å²) in [6.07, 6.45) is 0. The van der Waals surface area contributed by atoms with Crippen LogP contribution in [0.1, 0.15) is 11.4 Å². The first-order chi connectivity index (χ1) is 25.6. The van der Waals surface area contributed by atoms with Gasteiger partial charge in [0.15, 0.2) is 23.3 Å². The minimum absolute atomic E-state index is 0.606. The van der Waals surface area contributed by atoms with E-state index in [-0.39, 0.29) is 0 Å². The van der Waals surface area contributed by atoms with Crippen molar-refractivity contribution in [1.82, 2.24) is 24.9 Å². The van der Waals surface area contributed by atoms with Crippen molar-refractivity contribution in [1.29, 1.82) is 0 Å². The number of hydrogen-bond acceptors (Lipinski definition) is 5. The van der Waals surface area contributed by atoms with Crippen LogP contribution in [0.25, 0.3) is 89.4 Å². The van der Waals surface area contributed by atoms with Crippen molar-refractivity contribution in [2.24, 2.45) is 0 Å². The zero-order valence-electron chi connectivity index (χ0n) is 28.8. The Kier molecular flexibility index (Phi) is 7.86. The van der Waals surface area contributed by atoms with E-state index in [4.69, 9.17) is 24.9 Å². The first kappa shape index (κ1) is 31.2. The van der Waals surface area contributed by atoms with E-state index < -0.39 is 0 Å². The number of fused-ring (bicyclic) bond motifs is 2. The lowest BCUT2D eigenvalue weighted by Crippen LogP contribution is -2.00. The van der Waals surface area contributed by atoms with Crippen molar-refractivity contribution < 1.29 is 0 Å². The fourth-order valence-electron chi connectivity index (χ4n) is 7.02. The fraction of sp³-hybridized carbons (Fsp3) is 0.0426. The topological polar surface area (TPSA) is 64.5 Å². The number of hydrogen-bond donors (Lipinski definition) is 0. The summed E-state index contributed by atoms with van der Waals surface area (Å²) in [6, 6.07) is 56.9. The highest BCUT2D eigenvalue weighted by Crippen LogP contribution is 2.40. The van der Waals surface area contributed by atoms with E-state index >= 15 is 0 Å². The lowest BCUT2D eigenvalue weighted by Gasteiger charge is -2.16. The van der Waals surface area contributed by atoms with Gasteiger partial charge in [-0.2, -0.15) is 0 Å². The molecule has 0 aliphatic heterocycles. The van der Waals surface area contributed by atoms with Crippen molar-refractivity contribution in [2.75, 3.05) is 0 Å². The molecule has 0 unspecified atom stereocenters.